The van der Waals surface area contributed by atoms with E-state index in [1.165, 1.54) is 13.0 Å². The zero-order valence-corrected chi connectivity index (χ0v) is 19.2. The molecule has 0 bridgehead atoms. The molecule has 31 heavy (non-hydrogen) atoms. The lowest BCUT2D eigenvalue weighted by Gasteiger charge is -2.25. The zero-order chi connectivity index (χ0) is 23.7. The molecular weight excluding hydrogens is 426 g/mol. The van der Waals surface area contributed by atoms with Gasteiger partial charge >= 0.3 is 5.97 Å². The van der Waals surface area contributed by atoms with Crippen molar-refractivity contribution in [3.05, 3.63) is 28.8 Å². The van der Waals surface area contributed by atoms with Crippen molar-refractivity contribution in [2.24, 2.45) is 5.92 Å². The highest BCUT2D eigenvalue weighted by atomic mass is 35.5. The van der Waals surface area contributed by atoms with E-state index in [0.717, 1.165) is 0 Å². The number of halogens is 1. The van der Waals surface area contributed by atoms with Gasteiger partial charge in [0.1, 0.15) is 18.4 Å². The minimum Gasteiger partial charge on any atom is -0.491 e. The molecular formula is C21H32ClN3O6. The largest absolute Gasteiger partial charge is 0.491 e. The van der Waals surface area contributed by atoms with Crippen molar-refractivity contribution >= 4 is 29.4 Å². The number of carbonyl (C=O) groups is 3. The third kappa shape index (κ3) is 8.72. The predicted molar refractivity (Wildman–Crippen MR) is 117 cm³/mol. The van der Waals surface area contributed by atoms with Crippen LogP contribution in [-0.4, -0.2) is 65.4 Å². The van der Waals surface area contributed by atoms with E-state index in [2.05, 4.69) is 16.0 Å². The van der Waals surface area contributed by atoms with Gasteiger partial charge < -0.3 is 30.9 Å². The van der Waals surface area contributed by atoms with E-state index in [-0.39, 0.29) is 17.5 Å². The molecule has 0 spiro atoms. The molecule has 2 amide bonds. The van der Waals surface area contributed by atoms with Crippen molar-refractivity contribution in [1.82, 2.24) is 16.0 Å². The molecule has 0 saturated carbocycles. The maximum Gasteiger partial charge on any atom is 0.328 e. The fourth-order valence-electron chi connectivity index (χ4n) is 2.70. The Hall–Kier alpha value is -2.36. The second-order valence-corrected chi connectivity index (χ2v) is 8.29. The highest BCUT2D eigenvalue weighted by Gasteiger charge is 2.31. The predicted octanol–water partition coefficient (Wildman–Crippen LogP) is 1.42. The molecule has 1 aromatic rings. The van der Waals surface area contributed by atoms with Crippen LogP contribution in [0.3, 0.4) is 0 Å². The number of nitrogens with one attached hydrogen (secondary N) is 3. The first kappa shape index (κ1) is 26.7. The topological polar surface area (TPSA) is 137 Å². The van der Waals surface area contributed by atoms with Crippen LogP contribution >= 0.6 is 11.6 Å². The third-order valence-electron chi connectivity index (χ3n) is 4.38. The minimum atomic E-state index is -1.50. The maximum absolute atomic E-state index is 12.9. The molecule has 9 nitrogen and oxygen atoms in total. The summed E-state index contributed by atoms with van der Waals surface area (Å²) in [6, 6.07) is 2.36. The summed E-state index contributed by atoms with van der Waals surface area (Å²) >= 11 is 6.04. The fraction of sp³-hybridized carbons (Fsp3) is 0.571. The van der Waals surface area contributed by atoms with Crippen molar-refractivity contribution in [3.63, 3.8) is 0 Å². The van der Waals surface area contributed by atoms with Gasteiger partial charge in [0.2, 0.25) is 5.91 Å². The average Bonchev–Trinajstić information content (AvgIpc) is 2.66. The van der Waals surface area contributed by atoms with Crippen LogP contribution in [-0.2, 0) is 9.59 Å². The Morgan fingerprint density at radius 3 is 2.23 bits per heavy atom. The van der Waals surface area contributed by atoms with Crippen LogP contribution in [0.5, 0.6) is 5.75 Å². The third-order valence-corrected chi connectivity index (χ3v) is 4.62. The standard InChI is InChI=1S/C21H32ClN3O6/c1-11(2)17(20(28)25-18(13(5)26)21(29)30)24-19(27)15-10-14(22)6-7-16(15)31-9-8-23-12(3)4/h6-7,10-13,17-18,23,26H,8-9H2,1-5H3,(H,24,27)(H,25,28)(H,29,30)/t13-,17+,18+/m1/s1. The number of aliphatic hydroxyl groups excluding tert-OH is 1. The van der Waals surface area contributed by atoms with Crippen LogP contribution in [0.4, 0.5) is 0 Å². The second kappa shape index (κ2) is 12.5. The summed E-state index contributed by atoms with van der Waals surface area (Å²) in [4.78, 5) is 36.8. The molecule has 10 heteroatoms. The van der Waals surface area contributed by atoms with Crippen LogP contribution in [0, 0.1) is 5.92 Å². The monoisotopic (exact) mass is 457 g/mol. The number of aliphatic hydroxyl groups is 1. The first-order valence-corrected chi connectivity index (χ1v) is 10.5. The van der Waals surface area contributed by atoms with Crippen LogP contribution in [0.2, 0.25) is 5.02 Å². The summed E-state index contributed by atoms with van der Waals surface area (Å²) < 4.78 is 5.70. The molecule has 0 radical (unpaired) electrons. The molecule has 0 aliphatic carbocycles. The van der Waals surface area contributed by atoms with Gasteiger partial charge in [-0.1, -0.05) is 39.3 Å². The summed E-state index contributed by atoms with van der Waals surface area (Å²) in [6.07, 6.45) is -1.31. The van der Waals surface area contributed by atoms with Gasteiger partial charge in [-0.15, -0.1) is 0 Å². The van der Waals surface area contributed by atoms with Gasteiger partial charge in [0.05, 0.1) is 11.7 Å². The highest BCUT2D eigenvalue weighted by molar-refractivity contribution is 6.31. The van der Waals surface area contributed by atoms with Crippen molar-refractivity contribution < 1.29 is 29.3 Å². The second-order valence-electron chi connectivity index (χ2n) is 7.86. The number of carboxylic acid groups (broad SMARTS) is 1. The number of benzene rings is 1. The maximum atomic E-state index is 12.9. The average molecular weight is 458 g/mol. The van der Waals surface area contributed by atoms with Gasteiger partial charge in [-0.3, -0.25) is 9.59 Å². The molecule has 3 atom stereocenters. The van der Waals surface area contributed by atoms with Gasteiger partial charge in [0, 0.05) is 17.6 Å². The summed E-state index contributed by atoms with van der Waals surface area (Å²) in [5, 5.41) is 27.2. The van der Waals surface area contributed by atoms with Crippen LogP contribution in [0.15, 0.2) is 18.2 Å². The number of carbonyl (C=O) groups excluding carboxylic acids is 2. The van der Waals surface area contributed by atoms with Gasteiger partial charge in [-0.2, -0.15) is 0 Å². The van der Waals surface area contributed by atoms with Crippen molar-refractivity contribution in [3.8, 4) is 5.75 Å². The quantitative estimate of drug-likeness (QED) is 0.299. The van der Waals surface area contributed by atoms with Gasteiger partial charge in [-0.25, -0.2) is 4.79 Å². The van der Waals surface area contributed by atoms with E-state index in [9.17, 15) is 24.6 Å². The highest BCUT2D eigenvalue weighted by Crippen LogP contribution is 2.23. The molecule has 174 valence electrons. The number of ether oxygens (including phenoxy) is 1. The molecule has 0 heterocycles. The Labute approximate surface area is 187 Å². The number of aliphatic carboxylic acids is 1. The lowest BCUT2D eigenvalue weighted by atomic mass is 10.0. The van der Waals surface area contributed by atoms with E-state index in [1.807, 2.05) is 13.8 Å². The van der Waals surface area contributed by atoms with Crippen LogP contribution < -0.4 is 20.7 Å². The van der Waals surface area contributed by atoms with E-state index >= 15 is 0 Å². The van der Waals surface area contributed by atoms with E-state index in [4.69, 9.17) is 16.3 Å². The van der Waals surface area contributed by atoms with E-state index < -0.39 is 36.0 Å². The Bertz CT molecular complexity index is 769. The number of hydrogen-bond acceptors (Lipinski definition) is 6. The van der Waals surface area contributed by atoms with Crippen molar-refractivity contribution in [2.45, 2.75) is 58.8 Å². The summed E-state index contributed by atoms with van der Waals surface area (Å²) in [7, 11) is 0. The van der Waals surface area contributed by atoms with E-state index in [0.29, 0.717) is 23.9 Å². The normalized spacial score (nSPS) is 14.1. The lowest BCUT2D eigenvalue weighted by molar-refractivity contribution is -0.145. The Kier molecular flexibility index (Phi) is 10.7. The molecule has 0 fully saturated rings. The van der Waals surface area contributed by atoms with Crippen molar-refractivity contribution in [2.75, 3.05) is 13.2 Å². The van der Waals surface area contributed by atoms with Gasteiger partial charge in [0.25, 0.3) is 5.91 Å². The number of rotatable bonds is 12. The molecule has 5 N–H and O–H groups in total. The molecule has 1 aromatic carbocycles. The Morgan fingerprint density at radius 1 is 1.06 bits per heavy atom. The van der Waals surface area contributed by atoms with Crippen molar-refractivity contribution in [1.29, 1.82) is 0 Å². The fourth-order valence-corrected chi connectivity index (χ4v) is 2.87. The number of hydrogen-bond donors (Lipinski definition) is 5. The molecule has 0 aliphatic rings. The smallest absolute Gasteiger partial charge is 0.328 e. The summed E-state index contributed by atoms with van der Waals surface area (Å²) in [5.74, 6) is -2.74. The molecule has 0 aliphatic heterocycles. The molecule has 0 unspecified atom stereocenters. The Balaban J connectivity index is 2.98. The van der Waals surface area contributed by atoms with E-state index in [1.54, 1.807) is 26.0 Å². The van der Waals surface area contributed by atoms with Gasteiger partial charge in [0.15, 0.2) is 6.04 Å². The minimum absolute atomic E-state index is 0.154. The van der Waals surface area contributed by atoms with Crippen LogP contribution in [0.25, 0.3) is 0 Å². The van der Waals surface area contributed by atoms with Gasteiger partial charge in [-0.05, 0) is 31.0 Å². The number of amides is 2. The lowest BCUT2D eigenvalue weighted by Crippen LogP contribution is -2.56. The Morgan fingerprint density at radius 2 is 1.71 bits per heavy atom. The molecule has 1 rings (SSSR count). The number of carboxylic acids is 1. The first-order valence-electron chi connectivity index (χ1n) is 10.1. The summed E-state index contributed by atoms with van der Waals surface area (Å²) in [6.45, 7) is 9.57. The summed E-state index contributed by atoms with van der Waals surface area (Å²) in [5.41, 5.74) is 0.154. The molecule has 0 saturated heterocycles. The molecule has 0 aromatic heterocycles. The van der Waals surface area contributed by atoms with Crippen LogP contribution in [0.1, 0.15) is 45.0 Å². The SMILES string of the molecule is CC(C)NCCOc1ccc(Cl)cc1C(=O)N[C@H](C(=O)N[C@H](C(=O)O)[C@@H](C)O)C(C)C. The first-order chi connectivity index (χ1) is 14.4. The zero-order valence-electron chi connectivity index (χ0n) is 18.4.